The van der Waals surface area contributed by atoms with Crippen molar-refractivity contribution >= 4 is 17.3 Å². The summed E-state index contributed by atoms with van der Waals surface area (Å²) in [5, 5.41) is 10.9. The van der Waals surface area contributed by atoms with E-state index >= 15 is 0 Å². The first-order valence-corrected chi connectivity index (χ1v) is 7.34. The van der Waals surface area contributed by atoms with Gasteiger partial charge in [0.1, 0.15) is 0 Å². The monoisotopic (exact) mass is 282 g/mol. The molecule has 1 N–H and O–H groups in total. The van der Waals surface area contributed by atoms with E-state index in [1.54, 1.807) is 0 Å². The maximum atomic E-state index is 10.1. The number of β-amino-alcohol motifs (C(OH)–C–C–N with tert-alkyl or cyclic N) is 1. The first-order valence-electron chi connectivity index (χ1n) is 6.96. The lowest BCUT2D eigenvalue weighted by Crippen LogP contribution is -2.51. The Morgan fingerprint density at radius 3 is 2.42 bits per heavy atom. The van der Waals surface area contributed by atoms with Gasteiger partial charge in [-0.3, -0.25) is 4.90 Å². The van der Waals surface area contributed by atoms with Crippen LogP contribution in [0.1, 0.15) is 20.3 Å². The maximum Gasteiger partial charge on any atom is 0.0743 e. The lowest BCUT2D eigenvalue weighted by molar-refractivity contribution is 0.0149. The maximum absolute atomic E-state index is 10.1. The molecule has 0 bridgehead atoms. The molecule has 106 valence electrons. The molecule has 2 rings (SSSR count). The first-order chi connectivity index (χ1) is 9.02. The number of halogens is 1. The normalized spacial score (nSPS) is 20.3. The zero-order valence-corrected chi connectivity index (χ0v) is 12.5. The summed E-state index contributed by atoms with van der Waals surface area (Å²) in [5.41, 5.74) is 0.540. The van der Waals surface area contributed by atoms with Crippen molar-refractivity contribution in [3.8, 4) is 0 Å². The van der Waals surface area contributed by atoms with Crippen LogP contribution in [0.25, 0.3) is 0 Å². The Hall–Kier alpha value is -0.770. The molecular formula is C15H23ClN2O. The van der Waals surface area contributed by atoms with Gasteiger partial charge in [-0.2, -0.15) is 0 Å². The molecule has 0 aromatic heterocycles. The number of nitrogens with zero attached hydrogens (tertiary/aromatic N) is 2. The molecule has 19 heavy (non-hydrogen) atoms. The summed E-state index contributed by atoms with van der Waals surface area (Å²) in [4.78, 5) is 4.65. The first kappa shape index (κ1) is 14.6. The Bertz CT molecular complexity index is 414. The fourth-order valence-corrected chi connectivity index (χ4v) is 2.70. The zero-order chi connectivity index (χ0) is 13.9. The van der Waals surface area contributed by atoms with Crippen molar-refractivity contribution in [3.05, 3.63) is 29.3 Å². The summed E-state index contributed by atoms with van der Waals surface area (Å²) in [5.74, 6) is 0. The van der Waals surface area contributed by atoms with Crippen LogP contribution < -0.4 is 4.90 Å². The predicted molar refractivity (Wildman–Crippen MR) is 81.0 cm³/mol. The molecule has 1 saturated heterocycles. The van der Waals surface area contributed by atoms with E-state index in [-0.39, 0.29) is 0 Å². The topological polar surface area (TPSA) is 26.7 Å². The third-order valence-corrected chi connectivity index (χ3v) is 4.21. The van der Waals surface area contributed by atoms with Gasteiger partial charge in [-0.25, -0.2) is 0 Å². The number of rotatable bonds is 4. The molecular weight excluding hydrogens is 260 g/mol. The van der Waals surface area contributed by atoms with E-state index in [9.17, 15) is 5.11 Å². The van der Waals surface area contributed by atoms with Crippen molar-refractivity contribution in [1.82, 2.24) is 4.90 Å². The Kier molecular flexibility index (Phi) is 4.71. The van der Waals surface area contributed by atoms with Crippen LogP contribution in [-0.2, 0) is 0 Å². The number of para-hydroxylation sites is 1. The van der Waals surface area contributed by atoms with Crippen molar-refractivity contribution in [2.75, 3.05) is 37.6 Å². The van der Waals surface area contributed by atoms with E-state index in [0.29, 0.717) is 0 Å². The molecule has 1 unspecified atom stereocenters. The van der Waals surface area contributed by atoms with Gasteiger partial charge in [0.05, 0.1) is 16.3 Å². The van der Waals surface area contributed by atoms with Gasteiger partial charge in [0.25, 0.3) is 0 Å². The molecule has 0 radical (unpaired) electrons. The van der Waals surface area contributed by atoms with Crippen LogP contribution in [0.3, 0.4) is 0 Å². The highest BCUT2D eigenvalue weighted by molar-refractivity contribution is 6.33. The van der Waals surface area contributed by atoms with Crippen LogP contribution in [-0.4, -0.2) is 48.3 Å². The minimum Gasteiger partial charge on any atom is -0.389 e. The number of anilines is 1. The molecule has 1 fully saturated rings. The summed E-state index contributed by atoms with van der Waals surface area (Å²) < 4.78 is 0. The summed E-state index contributed by atoms with van der Waals surface area (Å²) >= 11 is 6.23. The van der Waals surface area contributed by atoms with Crippen molar-refractivity contribution in [1.29, 1.82) is 0 Å². The third-order valence-electron chi connectivity index (χ3n) is 3.89. The second-order valence-electron chi connectivity index (χ2n) is 5.57. The van der Waals surface area contributed by atoms with E-state index < -0.39 is 5.60 Å². The van der Waals surface area contributed by atoms with Crippen molar-refractivity contribution in [2.24, 2.45) is 0 Å². The number of aliphatic hydroxyl groups is 1. The Morgan fingerprint density at radius 2 is 1.84 bits per heavy atom. The van der Waals surface area contributed by atoms with Gasteiger partial charge in [0.2, 0.25) is 0 Å². The largest absolute Gasteiger partial charge is 0.389 e. The molecule has 0 aliphatic carbocycles. The quantitative estimate of drug-likeness (QED) is 0.920. The second kappa shape index (κ2) is 6.12. The molecule has 1 aliphatic rings. The fraction of sp³-hybridized carbons (Fsp3) is 0.600. The van der Waals surface area contributed by atoms with E-state index in [0.717, 1.165) is 49.9 Å². The number of hydrogen-bond acceptors (Lipinski definition) is 3. The number of piperazine rings is 1. The summed E-state index contributed by atoms with van der Waals surface area (Å²) in [6, 6.07) is 7.99. The van der Waals surface area contributed by atoms with E-state index in [4.69, 9.17) is 11.6 Å². The van der Waals surface area contributed by atoms with Gasteiger partial charge in [-0.05, 0) is 25.5 Å². The highest BCUT2D eigenvalue weighted by Gasteiger charge is 2.25. The van der Waals surface area contributed by atoms with Gasteiger partial charge in [0.15, 0.2) is 0 Å². The predicted octanol–water partition coefficient (Wildman–Crippen LogP) is 2.62. The van der Waals surface area contributed by atoms with Crippen LogP contribution >= 0.6 is 11.6 Å². The highest BCUT2D eigenvalue weighted by Crippen LogP contribution is 2.26. The Labute approximate surface area is 120 Å². The molecule has 1 aliphatic heterocycles. The smallest absolute Gasteiger partial charge is 0.0743 e. The molecule has 0 spiro atoms. The van der Waals surface area contributed by atoms with E-state index in [2.05, 4.69) is 15.9 Å². The van der Waals surface area contributed by atoms with Gasteiger partial charge >= 0.3 is 0 Å². The molecule has 1 heterocycles. The van der Waals surface area contributed by atoms with Crippen molar-refractivity contribution < 1.29 is 5.11 Å². The molecule has 0 amide bonds. The van der Waals surface area contributed by atoms with Crippen molar-refractivity contribution in [2.45, 2.75) is 25.9 Å². The lowest BCUT2D eigenvalue weighted by atomic mass is 10.0. The van der Waals surface area contributed by atoms with Crippen LogP contribution in [0.15, 0.2) is 24.3 Å². The van der Waals surface area contributed by atoms with Crippen LogP contribution in [0.2, 0.25) is 5.02 Å². The van der Waals surface area contributed by atoms with Crippen LogP contribution in [0.4, 0.5) is 5.69 Å². The Balaban J connectivity index is 1.91. The minimum absolute atomic E-state index is 0.577. The van der Waals surface area contributed by atoms with Crippen LogP contribution in [0.5, 0.6) is 0 Å². The second-order valence-corrected chi connectivity index (χ2v) is 5.97. The molecule has 0 saturated carbocycles. The van der Waals surface area contributed by atoms with Crippen LogP contribution in [0, 0.1) is 0 Å². The van der Waals surface area contributed by atoms with E-state index in [1.165, 1.54) is 0 Å². The SMILES string of the molecule is CCC(C)(O)CN1CCN(c2ccccc2Cl)CC1. The average molecular weight is 283 g/mol. The molecule has 1 aromatic carbocycles. The Morgan fingerprint density at radius 1 is 1.21 bits per heavy atom. The lowest BCUT2D eigenvalue weighted by Gasteiger charge is -2.39. The van der Waals surface area contributed by atoms with E-state index in [1.807, 2.05) is 32.0 Å². The molecule has 4 heteroatoms. The zero-order valence-electron chi connectivity index (χ0n) is 11.8. The van der Waals surface area contributed by atoms with Gasteiger partial charge in [-0.15, -0.1) is 0 Å². The summed E-state index contributed by atoms with van der Waals surface area (Å²) in [6.07, 6.45) is 0.789. The molecule has 3 nitrogen and oxygen atoms in total. The summed E-state index contributed by atoms with van der Waals surface area (Å²) in [6.45, 7) is 8.56. The van der Waals surface area contributed by atoms with Crippen molar-refractivity contribution in [3.63, 3.8) is 0 Å². The third kappa shape index (κ3) is 3.85. The van der Waals surface area contributed by atoms with Gasteiger partial charge < -0.3 is 10.0 Å². The van der Waals surface area contributed by atoms with Gasteiger partial charge in [-0.1, -0.05) is 30.7 Å². The van der Waals surface area contributed by atoms with Gasteiger partial charge in [0, 0.05) is 32.7 Å². The summed E-state index contributed by atoms with van der Waals surface area (Å²) in [7, 11) is 0. The highest BCUT2D eigenvalue weighted by atomic mass is 35.5. The minimum atomic E-state index is -0.577. The number of benzene rings is 1. The molecule has 1 atom stereocenters. The standard InChI is InChI=1S/C15H23ClN2O/c1-3-15(2,19)12-17-8-10-18(11-9-17)14-7-5-4-6-13(14)16/h4-7,19H,3,8-12H2,1-2H3. The average Bonchev–Trinajstić information content (AvgIpc) is 2.40. The fourth-order valence-electron chi connectivity index (χ4n) is 2.45. The molecule has 1 aromatic rings. The number of hydrogen-bond donors (Lipinski definition) is 1.